The zero-order valence-corrected chi connectivity index (χ0v) is 16.1. The molecule has 2 aromatic rings. The molecular weight excluding hydrogens is 324 g/mol. The first-order valence-electron chi connectivity index (χ1n) is 9.83. The number of rotatable bonds is 12. The lowest BCUT2D eigenvalue weighted by Crippen LogP contribution is -2.12. The highest BCUT2D eigenvalue weighted by atomic mass is 16.5. The van der Waals surface area contributed by atoms with E-state index in [2.05, 4.69) is 19.1 Å². The Morgan fingerprint density at radius 2 is 1.23 bits per heavy atom. The Labute approximate surface area is 158 Å². The molecule has 1 atom stereocenters. The minimum absolute atomic E-state index is 0.310. The highest BCUT2D eigenvalue weighted by molar-refractivity contribution is 5.64. The van der Waals surface area contributed by atoms with Crippen molar-refractivity contribution in [1.29, 1.82) is 0 Å². The number of hydrogen-bond donors (Lipinski definition) is 1. The molecule has 0 aliphatic carbocycles. The Morgan fingerprint density at radius 3 is 1.77 bits per heavy atom. The molecule has 0 spiro atoms. The number of ether oxygens (including phenoxy) is 2. The maximum atomic E-state index is 9.26. The van der Waals surface area contributed by atoms with E-state index in [1.807, 2.05) is 36.4 Å². The summed E-state index contributed by atoms with van der Waals surface area (Å²) < 4.78 is 11.3. The lowest BCUT2D eigenvalue weighted by molar-refractivity contribution is 0.123. The van der Waals surface area contributed by atoms with E-state index in [0.29, 0.717) is 6.61 Å². The number of unbranched alkanes of at least 4 members (excludes halogenated alkanes) is 5. The second kappa shape index (κ2) is 11.6. The van der Waals surface area contributed by atoms with Crippen molar-refractivity contribution in [3.05, 3.63) is 48.5 Å². The van der Waals surface area contributed by atoms with Gasteiger partial charge in [0.2, 0.25) is 0 Å². The van der Waals surface area contributed by atoms with E-state index >= 15 is 0 Å². The van der Waals surface area contributed by atoms with Gasteiger partial charge in [-0.05, 0) is 48.7 Å². The van der Waals surface area contributed by atoms with E-state index in [1.165, 1.54) is 32.1 Å². The topological polar surface area (TPSA) is 38.7 Å². The number of benzene rings is 2. The molecule has 0 bridgehead atoms. The molecule has 26 heavy (non-hydrogen) atoms. The van der Waals surface area contributed by atoms with Gasteiger partial charge in [-0.25, -0.2) is 0 Å². The highest BCUT2D eigenvalue weighted by Crippen LogP contribution is 2.25. The Hall–Kier alpha value is -2.00. The van der Waals surface area contributed by atoms with Crippen LogP contribution < -0.4 is 9.47 Å². The zero-order chi connectivity index (χ0) is 18.6. The minimum Gasteiger partial charge on any atom is -0.494 e. The van der Waals surface area contributed by atoms with Crippen LogP contribution >= 0.6 is 0 Å². The van der Waals surface area contributed by atoms with Gasteiger partial charge < -0.3 is 14.6 Å². The Kier molecular flexibility index (Phi) is 9.05. The standard InChI is InChI=1S/C23H32O3/c1-3-4-5-6-7-8-17-25-22-13-9-20(10-14-22)21-11-15-23(16-12-21)26-18-19(2)24/h9-16,19,24H,3-8,17-18H2,1-2H3. The second-order valence-corrected chi connectivity index (χ2v) is 6.83. The van der Waals surface area contributed by atoms with Gasteiger partial charge in [0.15, 0.2) is 0 Å². The normalized spacial score (nSPS) is 12.0. The quantitative estimate of drug-likeness (QED) is 0.485. The molecule has 2 aromatic carbocycles. The van der Waals surface area contributed by atoms with Crippen molar-refractivity contribution in [1.82, 2.24) is 0 Å². The molecular formula is C23H32O3. The Balaban J connectivity index is 1.76. The molecule has 0 saturated heterocycles. The maximum absolute atomic E-state index is 9.26. The molecule has 1 N–H and O–H groups in total. The average Bonchev–Trinajstić information content (AvgIpc) is 2.66. The first kappa shape index (κ1) is 20.3. The molecule has 0 fully saturated rings. The summed E-state index contributed by atoms with van der Waals surface area (Å²) in [5.41, 5.74) is 2.29. The summed E-state index contributed by atoms with van der Waals surface area (Å²) in [6.07, 6.45) is 7.21. The van der Waals surface area contributed by atoms with Crippen LogP contribution in [0.15, 0.2) is 48.5 Å². The summed E-state index contributed by atoms with van der Waals surface area (Å²) in [4.78, 5) is 0. The molecule has 0 aromatic heterocycles. The first-order chi connectivity index (χ1) is 12.7. The lowest BCUT2D eigenvalue weighted by atomic mass is 10.1. The molecule has 0 aliphatic rings. The summed E-state index contributed by atoms with van der Waals surface area (Å²) in [5, 5.41) is 9.26. The fourth-order valence-electron chi connectivity index (χ4n) is 2.78. The van der Waals surface area contributed by atoms with Crippen LogP contribution in [-0.4, -0.2) is 24.4 Å². The molecule has 0 amide bonds. The van der Waals surface area contributed by atoms with Gasteiger partial charge in [0.25, 0.3) is 0 Å². The molecule has 1 unspecified atom stereocenters. The highest BCUT2D eigenvalue weighted by Gasteiger charge is 2.02. The molecule has 0 saturated carbocycles. The van der Waals surface area contributed by atoms with Crippen LogP contribution in [0.25, 0.3) is 11.1 Å². The average molecular weight is 357 g/mol. The molecule has 0 radical (unpaired) electrons. The fraction of sp³-hybridized carbons (Fsp3) is 0.478. The van der Waals surface area contributed by atoms with Gasteiger partial charge in [-0.15, -0.1) is 0 Å². The fourth-order valence-corrected chi connectivity index (χ4v) is 2.78. The van der Waals surface area contributed by atoms with Gasteiger partial charge in [-0.1, -0.05) is 63.3 Å². The zero-order valence-electron chi connectivity index (χ0n) is 16.1. The van der Waals surface area contributed by atoms with E-state index < -0.39 is 6.10 Å². The van der Waals surface area contributed by atoms with E-state index in [4.69, 9.17) is 9.47 Å². The largest absolute Gasteiger partial charge is 0.494 e. The van der Waals surface area contributed by atoms with Gasteiger partial charge in [-0.3, -0.25) is 0 Å². The van der Waals surface area contributed by atoms with Crippen LogP contribution in [0.3, 0.4) is 0 Å². The first-order valence-corrected chi connectivity index (χ1v) is 9.83. The van der Waals surface area contributed by atoms with Crippen molar-refractivity contribution in [2.75, 3.05) is 13.2 Å². The molecule has 3 nitrogen and oxygen atoms in total. The molecule has 142 valence electrons. The summed E-state index contributed by atoms with van der Waals surface area (Å²) in [7, 11) is 0. The van der Waals surface area contributed by atoms with E-state index in [0.717, 1.165) is 35.7 Å². The third-order valence-electron chi connectivity index (χ3n) is 4.30. The smallest absolute Gasteiger partial charge is 0.119 e. The van der Waals surface area contributed by atoms with Gasteiger partial charge in [0, 0.05) is 0 Å². The third-order valence-corrected chi connectivity index (χ3v) is 4.30. The predicted molar refractivity (Wildman–Crippen MR) is 108 cm³/mol. The van der Waals surface area contributed by atoms with Crippen LogP contribution in [0, 0.1) is 0 Å². The van der Waals surface area contributed by atoms with Gasteiger partial charge >= 0.3 is 0 Å². The van der Waals surface area contributed by atoms with E-state index in [1.54, 1.807) is 6.92 Å². The third kappa shape index (κ3) is 7.49. The molecule has 2 rings (SSSR count). The molecule has 0 aliphatic heterocycles. The second-order valence-electron chi connectivity index (χ2n) is 6.83. The molecule has 0 heterocycles. The van der Waals surface area contributed by atoms with Crippen molar-refractivity contribution in [3.8, 4) is 22.6 Å². The summed E-state index contributed by atoms with van der Waals surface area (Å²) in [6, 6.07) is 16.2. The summed E-state index contributed by atoms with van der Waals surface area (Å²) >= 11 is 0. The van der Waals surface area contributed by atoms with Gasteiger partial charge in [0.05, 0.1) is 12.7 Å². The van der Waals surface area contributed by atoms with E-state index in [-0.39, 0.29) is 0 Å². The number of aliphatic hydroxyl groups is 1. The van der Waals surface area contributed by atoms with Crippen molar-refractivity contribution in [2.45, 2.75) is 58.5 Å². The van der Waals surface area contributed by atoms with Crippen molar-refractivity contribution in [3.63, 3.8) is 0 Å². The van der Waals surface area contributed by atoms with Crippen LogP contribution in [0.2, 0.25) is 0 Å². The monoisotopic (exact) mass is 356 g/mol. The van der Waals surface area contributed by atoms with Crippen LogP contribution in [-0.2, 0) is 0 Å². The molecule has 3 heteroatoms. The number of hydrogen-bond acceptors (Lipinski definition) is 3. The van der Waals surface area contributed by atoms with Crippen molar-refractivity contribution < 1.29 is 14.6 Å². The van der Waals surface area contributed by atoms with Crippen LogP contribution in [0.5, 0.6) is 11.5 Å². The minimum atomic E-state index is -0.460. The SMILES string of the molecule is CCCCCCCCOc1ccc(-c2ccc(OCC(C)O)cc2)cc1. The van der Waals surface area contributed by atoms with Crippen LogP contribution in [0.4, 0.5) is 0 Å². The lowest BCUT2D eigenvalue weighted by Gasteiger charge is -2.10. The van der Waals surface area contributed by atoms with Crippen LogP contribution in [0.1, 0.15) is 52.4 Å². The predicted octanol–water partition coefficient (Wildman–Crippen LogP) is 5.85. The summed E-state index contributed by atoms with van der Waals surface area (Å²) in [5.74, 6) is 1.70. The Morgan fingerprint density at radius 1 is 0.731 bits per heavy atom. The summed E-state index contributed by atoms with van der Waals surface area (Å²) in [6.45, 7) is 5.06. The van der Waals surface area contributed by atoms with Gasteiger partial charge in [-0.2, -0.15) is 0 Å². The number of aliphatic hydroxyl groups excluding tert-OH is 1. The Bertz CT molecular complexity index is 602. The van der Waals surface area contributed by atoms with Gasteiger partial charge in [0.1, 0.15) is 18.1 Å². The van der Waals surface area contributed by atoms with E-state index in [9.17, 15) is 5.11 Å². The van der Waals surface area contributed by atoms with Crippen molar-refractivity contribution >= 4 is 0 Å². The van der Waals surface area contributed by atoms with Crippen molar-refractivity contribution in [2.24, 2.45) is 0 Å². The maximum Gasteiger partial charge on any atom is 0.119 e.